The van der Waals surface area contributed by atoms with Crippen LogP contribution in [0.5, 0.6) is 5.75 Å². The summed E-state index contributed by atoms with van der Waals surface area (Å²) in [6, 6.07) is 28.7. The standard InChI is InChI=1S/C27H23N3O3/c1-19-8-7-12-22(16-19)29-26(31)27(32)30-28-17-24-23-13-6-5-11-21(23)14-15-25(24)33-18-20-9-3-2-4-10-20/h2-17H,18H2,1H3,(H,29,31)(H,30,32). The smallest absolute Gasteiger partial charge is 0.329 e. The molecular weight excluding hydrogens is 414 g/mol. The molecule has 0 aliphatic heterocycles. The quantitative estimate of drug-likeness (QED) is 0.258. The van der Waals surface area contributed by atoms with Crippen LogP contribution in [0.15, 0.2) is 96.1 Å². The molecule has 0 radical (unpaired) electrons. The lowest BCUT2D eigenvalue weighted by Gasteiger charge is -2.12. The number of nitrogens with zero attached hydrogens (tertiary/aromatic N) is 1. The second-order valence-electron chi connectivity index (χ2n) is 7.50. The SMILES string of the molecule is Cc1cccc(NC(=O)C(=O)NN=Cc2c(OCc3ccccc3)ccc3ccccc23)c1. The second-order valence-corrected chi connectivity index (χ2v) is 7.50. The molecule has 164 valence electrons. The number of benzene rings is 4. The fourth-order valence-electron chi connectivity index (χ4n) is 3.39. The molecule has 0 saturated heterocycles. The number of nitrogens with one attached hydrogen (secondary N) is 2. The van der Waals surface area contributed by atoms with Crippen LogP contribution in [0.25, 0.3) is 10.8 Å². The van der Waals surface area contributed by atoms with Gasteiger partial charge in [0.25, 0.3) is 0 Å². The van der Waals surface area contributed by atoms with Gasteiger partial charge in [-0.25, -0.2) is 5.43 Å². The highest BCUT2D eigenvalue weighted by Crippen LogP contribution is 2.27. The molecule has 6 heteroatoms. The normalized spacial score (nSPS) is 10.8. The van der Waals surface area contributed by atoms with Crippen LogP contribution >= 0.6 is 0 Å². The highest BCUT2D eigenvalue weighted by molar-refractivity contribution is 6.39. The average molecular weight is 437 g/mol. The number of fused-ring (bicyclic) bond motifs is 1. The molecule has 0 fully saturated rings. The number of carbonyl (C=O) groups is 2. The summed E-state index contributed by atoms with van der Waals surface area (Å²) in [6.07, 6.45) is 1.50. The first-order valence-corrected chi connectivity index (χ1v) is 10.5. The van der Waals surface area contributed by atoms with Gasteiger partial charge in [-0.3, -0.25) is 9.59 Å². The first-order chi connectivity index (χ1) is 16.1. The van der Waals surface area contributed by atoms with Crippen molar-refractivity contribution in [2.24, 2.45) is 5.10 Å². The summed E-state index contributed by atoms with van der Waals surface area (Å²) >= 11 is 0. The zero-order chi connectivity index (χ0) is 23.0. The summed E-state index contributed by atoms with van der Waals surface area (Å²) in [7, 11) is 0. The molecule has 0 aliphatic carbocycles. The average Bonchev–Trinajstić information content (AvgIpc) is 2.84. The third-order valence-electron chi connectivity index (χ3n) is 5.01. The minimum absolute atomic E-state index is 0.394. The van der Waals surface area contributed by atoms with Gasteiger partial charge >= 0.3 is 11.8 Å². The summed E-state index contributed by atoms with van der Waals surface area (Å²) in [6.45, 7) is 2.30. The monoisotopic (exact) mass is 437 g/mol. The predicted octanol–water partition coefficient (Wildman–Crippen LogP) is 4.82. The Morgan fingerprint density at radius 1 is 0.879 bits per heavy atom. The summed E-state index contributed by atoms with van der Waals surface area (Å²) in [5.41, 5.74) is 5.57. The van der Waals surface area contributed by atoms with Crippen LogP contribution in [0.2, 0.25) is 0 Å². The number of ether oxygens (including phenoxy) is 1. The van der Waals surface area contributed by atoms with Crippen LogP contribution in [0.1, 0.15) is 16.7 Å². The Bertz CT molecular complexity index is 1320. The van der Waals surface area contributed by atoms with E-state index >= 15 is 0 Å². The Labute approximate surface area is 191 Å². The molecule has 2 N–H and O–H groups in total. The van der Waals surface area contributed by atoms with E-state index in [-0.39, 0.29) is 0 Å². The summed E-state index contributed by atoms with van der Waals surface area (Å²) in [5, 5.41) is 8.51. The molecule has 0 heterocycles. The van der Waals surface area contributed by atoms with Crippen LogP contribution in [-0.2, 0) is 16.2 Å². The van der Waals surface area contributed by atoms with Crippen molar-refractivity contribution in [1.82, 2.24) is 5.43 Å². The number of amides is 2. The molecule has 33 heavy (non-hydrogen) atoms. The molecule has 4 rings (SSSR count). The topological polar surface area (TPSA) is 79.8 Å². The Hall–Kier alpha value is -4.45. The van der Waals surface area contributed by atoms with E-state index in [0.29, 0.717) is 23.6 Å². The molecule has 4 aromatic carbocycles. The Kier molecular flexibility index (Phi) is 6.75. The summed E-state index contributed by atoms with van der Waals surface area (Å²) < 4.78 is 6.04. The molecule has 0 atom stereocenters. The van der Waals surface area contributed by atoms with Crippen LogP contribution in [0.3, 0.4) is 0 Å². The Morgan fingerprint density at radius 2 is 1.67 bits per heavy atom. The number of hydrogen-bond donors (Lipinski definition) is 2. The lowest BCUT2D eigenvalue weighted by molar-refractivity contribution is -0.136. The summed E-state index contributed by atoms with van der Waals surface area (Å²) in [5.74, 6) is -1.03. The lowest BCUT2D eigenvalue weighted by atomic mass is 10.0. The van der Waals surface area contributed by atoms with Gasteiger partial charge in [0.1, 0.15) is 12.4 Å². The van der Waals surface area contributed by atoms with Crippen LogP contribution in [-0.4, -0.2) is 18.0 Å². The van der Waals surface area contributed by atoms with Gasteiger partial charge in [0.05, 0.1) is 6.21 Å². The molecule has 0 unspecified atom stereocenters. The van der Waals surface area contributed by atoms with Crippen molar-refractivity contribution >= 4 is 34.5 Å². The predicted molar refractivity (Wildman–Crippen MR) is 130 cm³/mol. The molecule has 0 aliphatic rings. The third-order valence-corrected chi connectivity index (χ3v) is 5.01. The van der Waals surface area contributed by atoms with E-state index in [1.165, 1.54) is 6.21 Å². The van der Waals surface area contributed by atoms with Gasteiger partial charge in [-0.1, -0.05) is 72.8 Å². The van der Waals surface area contributed by atoms with Gasteiger partial charge in [-0.15, -0.1) is 0 Å². The van der Waals surface area contributed by atoms with Gasteiger partial charge < -0.3 is 10.1 Å². The Morgan fingerprint density at radius 3 is 2.48 bits per heavy atom. The second kappa shape index (κ2) is 10.2. The maximum atomic E-state index is 12.2. The van der Waals surface area contributed by atoms with Gasteiger partial charge in [-0.05, 0) is 47.0 Å². The van der Waals surface area contributed by atoms with E-state index in [0.717, 1.165) is 21.9 Å². The van der Waals surface area contributed by atoms with Crippen molar-refractivity contribution < 1.29 is 14.3 Å². The van der Waals surface area contributed by atoms with Crippen LogP contribution in [0.4, 0.5) is 5.69 Å². The zero-order valence-corrected chi connectivity index (χ0v) is 18.1. The lowest BCUT2D eigenvalue weighted by Crippen LogP contribution is -2.32. The van der Waals surface area contributed by atoms with Crippen molar-refractivity contribution in [2.75, 3.05) is 5.32 Å². The number of hydrazone groups is 1. The van der Waals surface area contributed by atoms with E-state index < -0.39 is 11.8 Å². The molecule has 4 aromatic rings. The van der Waals surface area contributed by atoms with Gasteiger partial charge in [0.2, 0.25) is 0 Å². The number of aryl methyl sites for hydroxylation is 1. The minimum Gasteiger partial charge on any atom is -0.488 e. The van der Waals surface area contributed by atoms with Crippen LogP contribution in [0, 0.1) is 6.92 Å². The highest BCUT2D eigenvalue weighted by Gasteiger charge is 2.13. The summed E-state index contributed by atoms with van der Waals surface area (Å²) in [4.78, 5) is 24.4. The van der Waals surface area contributed by atoms with Crippen molar-refractivity contribution in [3.8, 4) is 5.75 Å². The van der Waals surface area contributed by atoms with Crippen LogP contribution < -0.4 is 15.5 Å². The molecule has 0 aromatic heterocycles. The van der Waals surface area contributed by atoms with Gasteiger partial charge in [0.15, 0.2) is 0 Å². The van der Waals surface area contributed by atoms with Crippen molar-refractivity contribution in [2.45, 2.75) is 13.5 Å². The molecule has 0 bridgehead atoms. The Balaban J connectivity index is 1.50. The maximum Gasteiger partial charge on any atom is 0.329 e. The van der Waals surface area contributed by atoms with E-state index in [1.807, 2.05) is 79.7 Å². The van der Waals surface area contributed by atoms with Crippen molar-refractivity contribution in [3.05, 3.63) is 108 Å². The molecule has 2 amide bonds. The number of rotatable bonds is 6. The molecule has 6 nitrogen and oxygen atoms in total. The van der Waals surface area contributed by atoms with Crippen molar-refractivity contribution in [1.29, 1.82) is 0 Å². The molecular formula is C27H23N3O3. The fraction of sp³-hybridized carbons (Fsp3) is 0.0741. The number of hydrogen-bond acceptors (Lipinski definition) is 4. The van der Waals surface area contributed by atoms with Crippen molar-refractivity contribution in [3.63, 3.8) is 0 Å². The third kappa shape index (κ3) is 5.62. The maximum absolute atomic E-state index is 12.2. The largest absolute Gasteiger partial charge is 0.488 e. The number of anilines is 1. The van der Waals surface area contributed by atoms with E-state index in [2.05, 4.69) is 15.8 Å². The van der Waals surface area contributed by atoms with E-state index in [9.17, 15) is 9.59 Å². The van der Waals surface area contributed by atoms with Gasteiger partial charge in [0, 0.05) is 11.3 Å². The first kappa shape index (κ1) is 21.8. The molecule has 0 saturated carbocycles. The van der Waals surface area contributed by atoms with E-state index in [4.69, 9.17) is 4.74 Å². The molecule has 0 spiro atoms. The van der Waals surface area contributed by atoms with Gasteiger partial charge in [-0.2, -0.15) is 5.10 Å². The number of carbonyl (C=O) groups excluding carboxylic acids is 2. The zero-order valence-electron chi connectivity index (χ0n) is 18.1. The van der Waals surface area contributed by atoms with E-state index in [1.54, 1.807) is 18.2 Å². The fourth-order valence-corrected chi connectivity index (χ4v) is 3.39. The first-order valence-electron chi connectivity index (χ1n) is 10.5. The minimum atomic E-state index is -0.861. The highest BCUT2D eigenvalue weighted by atomic mass is 16.5.